The quantitative estimate of drug-likeness (QED) is 0.176. The molecular formula is C54H37N3O. The Hall–Kier alpha value is -7.43. The highest BCUT2D eigenvalue weighted by molar-refractivity contribution is 6.25. The van der Waals surface area contributed by atoms with Crippen molar-refractivity contribution >= 4 is 71.5 Å². The van der Waals surface area contributed by atoms with E-state index in [0.29, 0.717) is 5.89 Å². The van der Waals surface area contributed by atoms with E-state index in [-0.39, 0.29) is 5.41 Å². The second-order valence-corrected chi connectivity index (χ2v) is 16.0. The molecule has 12 rings (SSSR count). The number of hydrogen-bond acceptors (Lipinski definition) is 3. The lowest BCUT2D eigenvalue weighted by Crippen LogP contribution is -2.16. The summed E-state index contributed by atoms with van der Waals surface area (Å²) in [5, 5.41) is 7.05. The van der Waals surface area contributed by atoms with Crippen LogP contribution in [0.2, 0.25) is 0 Å². The Labute approximate surface area is 335 Å². The molecule has 0 fully saturated rings. The zero-order valence-corrected chi connectivity index (χ0v) is 32.1. The number of aromatic nitrogens is 2. The van der Waals surface area contributed by atoms with Gasteiger partial charge in [0.15, 0.2) is 5.58 Å². The Morgan fingerprint density at radius 1 is 0.534 bits per heavy atom. The van der Waals surface area contributed by atoms with Gasteiger partial charge in [-0.2, -0.15) is 0 Å². The minimum atomic E-state index is -0.183. The predicted molar refractivity (Wildman–Crippen MR) is 241 cm³/mol. The van der Waals surface area contributed by atoms with Gasteiger partial charge in [-0.05, 0) is 99.1 Å². The Morgan fingerprint density at radius 2 is 1.26 bits per heavy atom. The van der Waals surface area contributed by atoms with E-state index >= 15 is 0 Å². The smallest absolute Gasteiger partial charge is 0.227 e. The highest BCUT2D eigenvalue weighted by Gasteiger charge is 2.36. The van der Waals surface area contributed by atoms with Crippen molar-refractivity contribution in [2.45, 2.75) is 19.3 Å². The maximum absolute atomic E-state index is 6.95. The normalized spacial score (nSPS) is 13.1. The Bertz CT molecular complexity index is 3440. The lowest BCUT2D eigenvalue weighted by Gasteiger charge is -2.29. The first-order chi connectivity index (χ1) is 28.5. The summed E-state index contributed by atoms with van der Waals surface area (Å²) in [5.74, 6) is 0.600. The van der Waals surface area contributed by atoms with Gasteiger partial charge in [0.25, 0.3) is 0 Å². The van der Waals surface area contributed by atoms with E-state index in [1.54, 1.807) is 0 Å². The van der Waals surface area contributed by atoms with E-state index in [4.69, 9.17) is 9.40 Å². The van der Waals surface area contributed by atoms with Crippen molar-refractivity contribution in [2.24, 2.45) is 0 Å². The summed E-state index contributed by atoms with van der Waals surface area (Å²) in [4.78, 5) is 7.56. The van der Waals surface area contributed by atoms with Crippen molar-refractivity contribution in [2.75, 3.05) is 4.90 Å². The standard InChI is InChI=1S/C54H37N3O/c1-54(2)44-23-12-10-21-41(44)42-30-29-39(33-45(42)54)56(48-26-14-24-46-52(48)58-53(55-46)37-28-27-34-15-6-7-16-35(34)31-37)49-32-36-17-8-9-20-40(36)51-50(49)43-22-11-13-25-47(43)57(51)38-18-4-3-5-19-38/h3-33H,1-2H3. The topological polar surface area (TPSA) is 34.2 Å². The average molecular weight is 744 g/mol. The monoisotopic (exact) mass is 743 g/mol. The summed E-state index contributed by atoms with van der Waals surface area (Å²) >= 11 is 0. The fraction of sp³-hybridized carbons (Fsp3) is 0.0556. The van der Waals surface area contributed by atoms with Crippen molar-refractivity contribution in [3.05, 3.63) is 199 Å². The number of para-hydroxylation sites is 3. The fourth-order valence-electron chi connectivity index (χ4n) is 9.63. The molecule has 0 bridgehead atoms. The summed E-state index contributed by atoms with van der Waals surface area (Å²) in [6, 6.07) is 67.7. The third kappa shape index (κ3) is 4.72. The van der Waals surface area contributed by atoms with Crippen LogP contribution in [-0.2, 0) is 5.41 Å². The van der Waals surface area contributed by atoms with E-state index in [1.165, 1.54) is 49.3 Å². The Morgan fingerprint density at radius 3 is 2.14 bits per heavy atom. The molecule has 0 saturated carbocycles. The van der Waals surface area contributed by atoms with Crippen LogP contribution in [0, 0.1) is 0 Å². The van der Waals surface area contributed by atoms with Crippen LogP contribution in [0.4, 0.5) is 17.1 Å². The molecule has 4 heteroatoms. The summed E-state index contributed by atoms with van der Waals surface area (Å²) < 4.78 is 9.38. The molecule has 0 N–H and O–H groups in total. The van der Waals surface area contributed by atoms with Gasteiger partial charge in [-0.15, -0.1) is 0 Å². The molecule has 1 aliphatic rings. The number of anilines is 3. The van der Waals surface area contributed by atoms with Gasteiger partial charge in [0, 0.05) is 38.5 Å². The lowest BCUT2D eigenvalue weighted by atomic mass is 9.82. The number of rotatable bonds is 5. The van der Waals surface area contributed by atoms with Gasteiger partial charge in [-0.3, -0.25) is 0 Å². The largest absolute Gasteiger partial charge is 0.434 e. The van der Waals surface area contributed by atoms with Crippen molar-refractivity contribution in [1.29, 1.82) is 0 Å². The van der Waals surface area contributed by atoms with E-state index in [9.17, 15) is 0 Å². The Balaban J connectivity index is 1.19. The highest BCUT2D eigenvalue weighted by Crippen LogP contribution is 2.53. The van der Waals surface area contributed by atoms with E-state index < -0.39 is 0 Å². The van der Waals surface area contributed by atoms with Crippen LogP contribution in [0.5, 0.6) is 0 Å². The number of nitrogens with zero attached hydrogens (tertiary/aromatic N) is 3. The molecule has 0 atom stereocenters. The summed E-state index contributed by atoms with van der Waals surface area (Å²) in [7, 11) is 0. The molecule has 1 aliphatic carbocycles. The number of benzene rings is 9. The minimum absolute atomic E-state index is 0.183. The van der Waals surface area contributed by atoms with Crippen LogP contribution in [0.3, 0.4) is 0 Å². The summed E-state index contributed by atoms with van der Waals surface area (Å²) in [6.07, 6.45) is 0. The fourth-order valence-corrected chi connectivity index (χ4v) is 9.63. The van der Waals surface area contributed by atoms with Gasteiger partial charge in [-0.25, -0.2) is 4.98 Å². The van der Waals surface area contributed by atoms with Gasteiger partial charge < -0.3 is 13.9 Å². The zero-order chi connectivity index (χ0) is 38.5. The first-order valence-electron chi connectivity index (χ1n) is 20.0. The lowest BCUT2D eigenvalue weighted by molar-refractivity contribution is 0.620. The molecule has 0 spiro atoms. The van der Waals surface area contributed by atoms with Crippen molar-refractivity contribution < 1.29 is 4.42 Å². The first-order valence-corrected chi connectivity index (χ1v) is 20.0. The molecule has 0 unspecified atom stereocenters. The van der Waals surface area contributed by atoms with Crippen LogP contribution in [0.25, 0.3) is 82.7 Å². The minimum Gasteiger partial charge on any atom is -0.434 e. The van der Waals surface area contributed by atoms with Gasteiger partial charge in [0.05, 0.1) is 22.4 Å². The molecule has 2 aromatic heterocycles. The second-order valence-electron chi connectivity index (χ2n) is 16.0. The SMILES string of the molecule is CC1(C)c2ccccc2-c2ccc(N(c3cccc4nc(-c5ccc6ccccc6c5)oc34)c3cc4ccccc4c4c3c3ccccc3n4-c3ccccc3)cc21. The number of hydrogen-bond donors (Lipinski definition) is 0. The van der Waals surface area contributed by atoms with Crippen LogP contribution in [-0.4, -0.2) is 9.55 Å². The first kappa shape index (κ1) is 32.8. The van der Waals surface area contributed by atoms with Crippen molar-refractivity contribution in [1.82, 2.24) is 9.55 Å². The molecule has 0 aliphatic heterocycles. The molecule has 2 heterocycles. The third-order valence-electron chi connectivity index (χ3n) is 12.4. The molecule has 58 heavy (non-hydrogen) atoms. The van der Waals surface area contributed by atoms with Crippen molar-refractivity contribution in [3.8, 4) is 28.3 Å². The average Bonchev–Trinajstić information content (AvgIpc) is 3.94. The molecule has 0 radical (unpaired) electrons. The molecule has 4 nitrogen and oxygen atoms in total. The van der Waals surface area contributed by atoms with Crippen LogP contribution < -0.4 is 4.90 Å². The molecule has 9 aromatic carbocycles. The third-order valence-corrected chi connectivity index (χ3v) is 12.4. The molecule has 11 aromatic rings. The second kappa shape index (κ2) is 12.3. The highest BCUT2D eigenvalue weighted by atomic mass is 16.3. The van der Waals surface area contributed by atoms with E-state index in [1.807, 2.05) is 0 Å². The molecular weight excluding hydrogens is 707 g/mol. The molecule has 0 saturated heterocycles. The van der Waals surface area contributed by atoms with E-state index in [0.717, 1.165) is 55.7 Å². The van der Waals surface area contributed by atoms with Crippen molar-refractivity contribution in [3.63, 3.8) is 0 Å². The number of oxazole rings is 1. The van der Waals surface area contributed by atoms with Crippen LogP contribution >= 0.6 is 0 Å². The summed E-state index contributed by atoms with van der Waals surface area (Å²) in [5.41, 5.74) is 14.1. The molecule has 274 valence electrons. The van der Waals surface area contributed by atoms with Crippen LogP contribution in [0.15, 0.2) is 192 Å². The van der Waals surface area contributed by atoms with Gasteiger partial charge in [-0.1, -0.05) is 141 Å². The molecule has 0 amide bonds. The Kier molecular flexibility index (Phi) is 6.94. The maximum atomic E-state index is 6.95. The van der Waals surface area contributed by atoms with Gasteiger partial charge in [0.1, 0.15) is 5.52 Å². The summed E-state index contributed by atoms with van der Waals surface area (Å²) in [6.45, 7) is 4.70. The van der Waals surface area contributed by atoms with Gasteiger partial charge in [0.2, 0.25) is 5.89 Å². The van der Waals surface area contributed by atoms with Crippen LogP contribution in [0.1, 0.15) is 25.0 Å². The predicted octanol–water partition coefficient (Wildman–Crippen LogP) is 14.7. The maximum Gasteiger partial charge on any atom is 0.227 e. The van der Waals surface area contributed by atoms with Gasteiger partial charge >= 0.3 is 0 Å². The number of fused-ring (bicyclic) bond motifs is 10. The van der Waals surface area contributed by atoms with E-state index in [2.05, 4.69) is 211 Å². The zero-order valence-electron chi connectivity index (χ0n) is 32.1.